The Hall–Kier alpha value is -3.34. The first-order chi connectivity index (χ1) is 17.0. The van der Waals surface area contributed by atoms with Crippen LogP contribution in [-0.4, -0.2) is 54.2 Å². The van der Waals surface area contributed by atoms with Crippen molar-refractivity contribution >= 4 is 24.2 Å². The fourth-order valence-electron chi connectivity index (χ4n) is 2.73. The molecule has 2 N–H and O–H groups in total. The van der Waals surface area contributed by atoms with E-state index < -0.39 is 41.6 Å². The number of hydrogen-bond acceptors (Lipinski definition) is 11. The Bertz CT molecular complexity index is 946. The van der Waals surface area contributed by atoms with Gasteiger partial charge in [0.25, 0.3) is 0 Å². The predicted molar refractivity (Wildman–Crippen MR) is 133 cm³/mol. The van der Waals surface area contributed by atoms with Gasteiger partial charge in [0.2, 0.25) is 0 Å². The van der Waals surface area contributed by atoms with Crippen LogP contribution in [0.2, 0.25) is 0 Å². The van der Waals surface area contributed by atoms with Crippen LogP contribution < -0.4 is 15.2 Å². The minimum absolute atomic E-state index is 0.0141. The van der Waals surface area contributed by atoms with Crippen molar-refractivity contribution in [2.24, 2.45) is 5.73 Å². The summed E-state index contributed by atoms with van der Waals surface area (Å²) in [6.07, 6.45) is -1.69. The monoisotopic (exact) mass is 525 g/mol. The van der Waals surface area contributed by atoms with Crippen molar-refractivity contribution in [1.29, 1.82) is 0 Å². The van der Waals surface area contributed by atoms with Gasteiger partial charge in [0.05, 0.1) is 0 Å². The molecule has 0 aliphatic rings. The van der Waals surface area contributed by atoms with Gasteiger partial charge in [-0.2, -0.15) is 0 Å². The molecule has 11 nitrogen and oxygen atoms in total. The first kappa shape index (κ1) is 31.7. The molecule has 0 saturated heterocycles. The van der Waals surface area contributed by atoms with E-state index in [4.69, 9.17) is 34.2 Å². The van der Waals surface area contributed by atoms with Crippen molar-refractivity contribution < 1.29 is 47.6 Å². The molecule has 1 aromatic rings. The highest BCUT2D eigenvalue weighted by Gasteiger charge is 2.24. The second-order valence-electron chi connectivity index (χ2n) is 10.4. The predicted octanol–water partition coefficient (Wildman–Crippen LogP) is 4.46. The summed E-state index contributed by atoms with van der Waals surface area (Å²) >= 11 is 0. The van der Waals surface area contributed by atoms with Crippen LogP contribution >= 0.6 is 0 Å². The average Bonchev–Trinajstić information content (AvgIpc) is 2.71. The first-order valence-electron chi connectivity index (χ1n) is 12.1. The molecule has 2 atom stereocenters. The number of esters is 2. The van der Waals surface area contributed by atoms with Gasteiger partial charge in [0.1, 0.15) is 30.0 Å². The van der Waals surface area contributed by atoms with E-state index in [1.165, 1.54) is 12.1 Å². The van der Waals surface area contributed by atoms with Crippen LogP contribution in [0.5, 0.6) is 11.5 Å². The maximum Gasteiger partial charge on any atom is 0.514 e. The van der Waals surface area contributed by atoms with Crippen LogP contribution in [0, 0.1) is 0 Å². The molecule has 0 bridgehead atoms. The van der Waals surface area contributed by atoms with E-state index in [0.29, 0.717) is 12.0 Å². The summed E-state index contributed by atoms with van der Waals surface area (Å²) in [4.78, 5) is 48.3. The zero-order chi connectivity index (χ0) is 28.4. The van der Waals surface area contributed by atoms with E-state index in [0.717, 1.165) is 0 Å². The minimum Gasteiger partial charge on any atom is -0.461 e. The quantitative estimate of drug-likeness (QED) is 0.262. The highest BCUT2D eigenvalue weighted by molar-refractivity contribution is 5.76. The molecule has 0 aliphatic heterocycles. The molecule has 0 aliphatic carbocycles. The normalized spacial score (nSPS) is 13.1. The molecule has 208 valence electrons. The van der Waals surface area contributed by atoms with Crippen molar-refractivity contribution in [2.75, 3.05) is 6.61 Å². The number of ether oxygens (including phenoxy) is 6. The van der Waals surface area contributed by atoms with Crippen LogP contribution in [0.15, 0.2) is 18.2 Å². The summed E-state index contributed by atoms with van der Waals surface area (Å²) in [6, 6.07) is 3.26. The van der Waals surface area contributed by atoms with Gasteiger partial charge in [-0.3, -0.25) is 9.59 Å². The van der Waals surface area contributed by atoms with E-state index in [9.17, 15) is 19.2 Å². The molecule has 0 spiro atoms. The molecule has 11 heteroatoms. The molecule has 0 unspecified atom stereocenters. The lowest BCUT2D eigenvalue weighted by Gasteiger charge is -2.21. The van der Waals surface area contributed by atoms with Gasteiger partial charge >= 0.3 is 24.2 Å². The van der Waals surface area contributed by atoms with E-state index in [2.05, 4.69) is 0 Å². The lowest BCUT2D eigenvalue weighted by Crippen LogP contribution is -2.36. The van der Waals surface area contributed by atoms with Crippen LogP contribution in [-0.2, 0) is 35.0 Å². The van der Waals surface area contributed by atoms with Gasteiger partial charge in [-0.15, -0.1) is 0 Å². The van der Waals surface area contributed by atoms with E-state index in [1.54, 1.807) is 54.5 Å². The fraction of sp³-hybridized carbons (Fsp3) is 0.615. The van der Waals surface area contributed by atoms with Crippen molar-refractivity contribution in [3.05, 3.63) is 23.8 Å². The van der Waals surface area contributed by atoms with Gasteiger partial charge in [0, 0.05) is 6.42 Å². The third kappa shape index (κ3) is 13.5. The molecule has 0 saturated carbocycles. The lowest BCUT2D eigenvalue weighted by molar-refractivity contribution is -0.158. The first-order valence-corrected chi connectivity index (χ1v) is 12.1. The van der Waals surface area contributed by atoms with Gasteiger partial charge in [0.15, 0.2) is 11.5 Å². The van der Waals surface area contributed by atoms with Crippen molar-refractivity contribution in [1.82, 2.24) is 0 Å². The summed E-state index contributed by atoms with van der Waals surface area (Å²) < 4.78 is 31.1. The van der Waals surface area contributed by atoms with E-state index in [-0.39, 0.29) is 36.9 Å². The number of carbonyl (C=O) groups is 4. The average molecular weight is 526 g/mol. The minimum atomic E-state index is -1.06. The Morgan fingerprint density at radius 3 is 1.95 bits per heavy atom. The second-order valence-corrected chi connectivity index (χ2v) is 10.4. The topological polar surface area (TPSA) is 150 Å². The Morgan fingerprint density at radius 1 is 0.892 bits per heavy atom. The summed E-state index contributed by atoms with van der Waals surface area (Å²) in [5, 5.41) is 0. The molecule has 1 rings (SSSR count). The van der Waals surface area contributed by atoms with Gasteiger partial charge in [-0.1, -0.05) is 13.0 Å². The van der Waals surface area contributed by atoms with E-state index >= 15 is 0 Å². The fourth-order valence-corrected chi connectivity index (χ4v) is 2.73. The van der Waals surface area contributed by atoms with Gasteiger partial charge in [-0.05, 0) is 79.0 Å². The van der Waals surface area contributed by atoms with Crippen LogP contribution in [0.1, 0.15) is 73.8 Å². The maximum atomic E-state index is 12.3. The molecule has 0 aromatic heterocycles. The summed E-state index contributed by atoms with van der Waals surface area (Å²) in [6.45, 7) is 13.3. The Balaban J connectivity index is 2.94. The molecule has 0 heterocycles. The third-order valence-electron chi connectivity index (χ3n) is 4.18. The Kier molecular flexibility index (Phi) is 11.8. The molecule has 0 amide bonds. The Labute approximate surface area is 217 Å². The van der Waals surface area contributed by atoms with Crippen LogP contribution in [0.4, 0.5) is 9.59 Å². The zero-order valence-corrected chi connectivity index (χ0v) is 22.9. The second kappa shape index (κ2) is 13.8. The van der Waals surface area contributed by atoms with Crippen LogP contribution in [0.3, 0.4) is 0 Å². The smallest absolute Gasteiger partial charge is 0.461 e. The van der Waals surface area contributed by atoms with Crippen LogP contribution in [0.25, 0.3) is 0 Å². The SMILES string of the molecule is CCCC(=O)O[C@@H](C)COC(=O)[C@@H](N)Cc1ccc(OC(=O)OC(C)(C)C)c(OC(=O)OC(C)(C)C)c1. The largest absolute Gasteiger partial charge is 0.514 e. The van der Waals surface area contributed by atoms with Gasteiger partial charge < -0.3 is 34.2 Å². The lowest BCUT2D eigenvalue weighted by atomic mass is 10.1. The standard InChI is InChI=1S/C26H39NO10/c1-9-10-21(28)33-16(2)15-32-22(29)18(27)13-17-11-12-19(34-23(30)36-25(3,4)5)20(14-17)35-24(31)37-26(6,7)8/h11-12,14,16,18H,9-10,13,15,27H2,1-8H3/t16-,18-/m0/s1. The highest BCUT2D eigenvalue weighted by atomic mass is 16.8. The number of carbonyl (C=O) groups excluding carboxylic acids is 4. The maximum absolute atomic E-state index is 12.3. The molecule has 1 aromatic carbocycles. The number of nitrogens with two attached hydrogens (primary N) is 1. The molecular formula is C26H39NO10. The van der Waals surface area contributed by atoms with Gasteiger partial charge in [-0.25, -0.2) is 9.59 Å². The molecule has 0 radical (unpaired) electrons. The summed E-state index contributed by atoms with van der Waals surface area (Å²) in [5.74, 6) is -1.30. The summed E-state index contributed by atoms with van der Waals surface area (Å²) in [5.41, 5.74) is 4.85. The molecule has 37 heavy (non-hydrogen) atoms. The zero-order valence-electron chi connectivity index (χ0n) is 22.9. The molecule has 0 fully saturated rings. The number of rotatable bonds is 10. The number of hydrogen-bond donors (Lipinski definition) is 1. The van der Waals surface area contributed by atoms with Crippen molar-refractivity contribution in [3.8, 4) is 11.5 Å². The van der Waals surface area contributed by atoms with E-state index in [1.807, 2.05) is 6.92 Å². The van der Waals surface area contributed by atoms with Crippen molar-refractivity contribution in [3.63, 3.8) is 0 Å². The highest BCUT2D eigenvalue weighted by Crippen LogP contribution is 2.31. The van der Waals surface area contributed by atoms with Crippen molar-refractivity contribution in [2.45, 2.75) is 98.0 Å². The number of benzene rings is 1. The molecular weight excluding hydrogens is 486 g/mol. The Morgan fingerprint density at radius 2 is 1.43 bits per heavy atom. The summed E-state index contributed by atoms with van der Waals surface area (Å²) in [7, 11) is 0. The third-order valence-corrected chi connectivity index (χ3v) is 4.18.